The normalized spacial score (nSPS) is 14.5. The fraction of sp³-hybridized carbons (Fsp3) is 0.389. The minimum absolute atomic E-state index is 0. The molecule has 0 saturated heterocycles. The van der Waals surface area contributed by atoms with Crippen molar-refractivity contribution < 1.29 is 1.43 Å². The van der Waals surface area contributed by atoms with Crippen molar-refractivity contribution in [2.24, 2.45) is 0 Å². The summed E-state index contributed by atoms with van der Waals surface area (Å²) in [5, 5.41) is 8.46. The van der Waals surface area contributed by atoms with E-state index in [9.17, 15) is 0 Å². The van der Waals surface area contributed by atoms with Crippen molar-refractivity contribution in [3.8, 4) is 0 Å². The molecule has 1 aromatic carbocycles. The van der Waals surface area contributed by atoms with Gasteiger partial charge in [-0.15, -0.1) is 0 Å². The Morgan fingerprint density at radius 2 is 2.09 bits per heavy atom. The van der Waals surface area contributed by atoms with Gasteiger partial charge in [0.05, 0.1) is 5.69 Å². The number of benzene rings is 1. The minimum atomic E-state index is 0. The smallest absolute Gasteiger partial charge is 0.130 e. The Morgan fingerprint density at radius 1 is 1.32 bits per heavy atom. The third kappa shape index (κ3) is 3.10. The first-order chi connectivity index (χ1) is 10.7. The molecule has 0 bridgehead atoms. The molecule has 0 radical (unpaired) electrons. The van der Waals surface area contributed by atoms with Gasteiger partial charge in [0.25, 0.3) is 0 Å². The molecule has 0 spiro atoms. The van der Waals surface area contributed by atoms with Gasteiger partial charge in [-0.3, -0.25) is 0 Å². The fourth-order valence-corrected chi connectivity index (χ4v) is 3.47. The molecule has 1 unspecified atom stereocenters. The Hall–Kier alpha value is -1.60. The SMILES string of the molecule is CCNc1ncc(C2CC2)c(Nc2ccccc2PC)c1C.[HH]. The number of nitrogens with one attached hydrogen (secondary N) is 2. The quantitative estimate of drug-likeness (QED) is 0.764. The number of rotatable bonds is 6. The average molecular weight is 315 g/mol. The molecular weight excluding hydrogens is 289 g/mol. The second kappa shape index (κ2) is 6.66. The molecule has 22 heavy (non-hydrogen) atoms. The van der Waals surface area contributed by atoms with E-state index < -0.39 is 0 Å². The van der Waals surface area contributed by atoms with Crippen LogP contribution in [0, 0.1) is 6.92 Å². The summed E-state index contributed by atoms with van der Waals surface area (Å²) in [6.07, 6.45) is 4.63. The van der Waals surface area contributed by atoms with Crippen molar-refractivity contribution >= 4 is 31.1 Å². The van der Waals surface area contributed by atoms with Crippen molar-refractivity contribution in [2.45, 2.75) is 32.6 Å². The number of hydrogen-bond acceptors (Lipinski definition) is 3. The lowest BCUT2D eigenvalue weighted by Crippen LogP contribution is -2.09. The number of pyridine rings is 1. The summed E-state index contributed by atoms with van der Waals surface area (Å²) in [5.74, 6) is 1.67. The monoisotopic (exact) mass is 315 g/mol. The molecule has 1 heterocycles. The van der Waals surface area contributed by atoms with E-state index in [1.165, 1.54) is 40.6 Å². The van der Waals surface area contributed by atoms with E-state index in [4.69, 9.17) is 0 Å². The fourth-order valence-electron chi connectivity index (χ4n) is 2.79. The van der Waals surface area contributed by atoms with Gasteiger partial charge in [-0.1, -0.05) is 26.8 Å². The van der Waals surface area contributed by atoms with E-state index in [0.717, 1.165) is 20.9 Å². The van der Waals surface area contributed by atoms with Gasteiger partial charge in [0, 0.05) is 25.4 Å². The van der Waals surface area contributed by atoms with Crippen molar-refractivity contribution in [3.05, 3.63) is 41.6 Å². The van der Waals surface area contributed by atoms with Crippen molar-refractivity contribution in [3.63, 3.8) is 0 Å². The van der Waals surface area contributed by atoms with Gasteiger partial charge < -0.3 is 10.6 Å². The molecule has 0 aliphatic heterocycles. The molecule has 1 aliphatic rings. The molecular formula is C18H26N3P. The lowest BCUT2D eigenvalue weighted by Gasteiger charge is -2.19. The van der Waals surface area contributed by atoms with Crippen LogP contribution in [0.25, 0.3) is 0 Å². The lowest BCUT2D eigenvalue weighted by atomic mass is 10.1. The Labute approximate surface area is 136 Å². The number of hydrogen-bond donors (Lipinski definition) is 2. The summed E-state index contributed by atoms with van der Waals surface area (Å²) in [7, 11) is 0.788. The van der Waals surface area contributed by atoms with Crippen molar-refractivity contribution in [2.75, 3.05) is 23.8 Å². The third-order valence-electron chi connectivity index (χ3n) is 4.17. The van der Waals surface area contributed by atoms with E-state index in [1.54, 1.807) is 0 Å². The first kappa shape index (κ1) is 15.3. The third-order valence-corrected chi connectivity index (χ3v) is 5.14. The van der Waals surface area contributed by atoms with Crippen LogP contribution in [0.1, 0.15) is 38.2 Å². The van der Waals surface area contributed by atoms with Crippen LogP contribution in [-0.4, -0.2) is 18.2 Å². The second-order valence-electron chi connectivity index (χ2n) is 5.79. The molecule has 1 aliphatic carbocycles. The van der Waals surface area contributed by atoms with E-state index in [1.807, 2.05) is 0 Å². The topological polar surface area (TPSA) is 37.0 Å². The summed E-state index contributed by atoms with van der Waals surface area (Å²) in [5.41, 5.74) is 5.06. The number of aromatic nitrogens is 1. The Kier molecular flexibility index (Phi) is 4.63. The molecule has 2 aromatic rings. The maximum absolute atomic E-state index is 4.62. The summed E-state index contributed by atoms with van der Waals surface area (Å²) in [6, 6.07) is 8.60. The van der Waals surface area contributed by atoms with Gasteiger partial charge in [0.1, 0.15) is 5.82 Å². The van der Waals surface area contributed by atoms with Gasteiger partial charge in [-0.2, -0.15) is 0 Å². The van der Waals surface area contributed by atoms with Crippen LogP contribution in [-0.2, 0) is 0 Å². The lowest BCUT2D eigenvalue weighted by molar-refractivity contribution is 1.06. The van der Waals surface area contributed by atoms with Gasteiger partial charge in [-0.25, -0.2) is 4.98 Å². The van der Waals surface area contributed by atoms with Gasteiger partial charge in [0.15, 0.2) is 0 Å². The highest BCUT2D eigenvalue weighted by Gasteiger charge is 2.28. The summed E-state index contributed by atoms with van der Waals surface area (Å²) in [4.78, 5) is 4.62. The van der Waals surface area contributed by atoms with Crippen molar-refractivity contribution in [1.82, 2.24) is 4.98 Å². The summed E-state index contributed by atoms with van der Waals surface area (Å²) >= 11 is 0. The van der Waals surface area contributed by atoms with E-state index in [0.29, 0.717) is 5.92 Å². The van der Waals surface area contributed by atoms with Crippen LogP contribution < -0.4 is 15.9 Å². The van der Waals surface area contributed by atoms with Crippen LogP contribution in [0.2, 0.25) is 0 Å². The predicted octanol–water partition coefficient (Wildman–Crippen LogP) is 4.62. The van der Waals surface area contributed by atoms with E-state index in [2.05, 4.69) is 66.6 Å². The largest absolute Gasteiger partial charge is 0.370 e. The first-order valence-corrected chi connectivity index (χ1v) is 9.51. The molecule has 3 nitrogen and oxygen atoms in total. The van der Waals surface area contributed by atoms with E-state index in [-0.39, 0.29) is 1.43 Å². The van der Waals surface area contributed by atoms with Crippen LogP contribution in [0.15, 0.2) is 30.5 Å². The molecule has 1 atom stereocenters. The molecule has 4 heteroatoms. The molecule has 2 N–H and O–H groups in total. The summed E-state index contributed by atoms with van der Waals surface area (Å²) in [6.45, 7) is 7.39. The predicted molar refractivity (Wildman–Crippen MR) is 101 cm³/mol. The zero-order valence-corrected chi connectivity index (χ0v) is 14.5. The zero-order chi connectivity index (χ0) is 15.5. The zero-order valence-electron chi connectivity index (χ0n) is 13.5. The van der Waals surface area contributed by atoms with E-state index >= 15 is 0 Å². The van der Waals surface area contributed by atoms with Crippen molar-refractivity contribution in [1.29, 1.82) is 0 Å². The maximum atomic E-state index is 4.62. The molecule has 3 rings (SSSR count). The first-order valence-electron chi connectivity index (χ1n) is 8.01. The number of para-hydroxylation sites is 1. The molecule has 1 aromatic heterocycles. The Balaban J connectivity index is 0.00000192. The molecule has 1 saturated carbocycles. The number of anilines is 3. The second-order valence-corrected chi connectivity index (χ2v) is 6.83. The van der Waals surface area contributed by atoms with Crippen LogP contribution in [0.5, 0.6) is 0 Å². The van der Waals surface area contributed by atoms with Crippen LogP contribution >= 0.6 is 8.58 Å². The molecule has 118 valence electrons. The molecule has 1 fully saturated rings. The highest BCUT2D eigenvalue weighted by atomic mass is 31.1. The Morgan fingerprint density at radius 3 is 2.77 bits per heavy atom. The van der Waals surface area contributed by atoms with Gasteiger partial charge >= 0.3 is 0 Å². The molecule has 0 amide bonds. The highest BCUT2D eigenvalue weighted by molar-refractivity contribution is 7.46. The average Bonchev–Trinajstić information content (AvgIpc) is 3.37. The highest BCUT2D eigenvalue weighted by Crippen LogP contribution is 2.45. The van der Waals surface area contributed by atoms with Crippen LogP contribution in [0.4, 0.5) is 17.2 Å². The van der Waals surface area contributed by atoms with Gasteiger partial charge in [0.2, 0.25) is 0 Å². The number of nitrogens with zero attached hydrogens (tertiary/aromatic N) is 1. The maximum Gasteiger partial charge on any atom is 0.130 e. The van der Waals surface area contributed by atoms with Gasteiger partial charge in [-0.05, 0) is 56.2 Å². The summed E-state index contributed by atoms with van der Waals surface area (Å²) < 4.78 is 0. The van der Waals surface area contributed by atoms with Crippen LogP contribution in [0.3, 0.4) is 0 Å². The standard InChI is InChI=1S/C18H24N3P.H2/c1-4-19-18-12(2)17(14(11-20-18)13-9-10-13)21-15-7-5-6-8-16(15)22-3;/h5-8,11,13,22H,4,9-10H2,1-3H3,(H2,19,20,21);1H. The Bertz CT molecular complexity index is 671. The minimum Gasteiger partial charge on any atom is -0.370 e.